The number of benzene rings is 2. The third kappa shape index (κ3) is 3.02. The Morgan fingerprint density at radius 3 is 1.72 bits per heavy atom. The molecule has 0 fully saturated rings. The summed E-state index contributed by atoms with van der Waals surface area (Å²) in [5, 5.41) is 0. The van der Waals surface area contributed by atoms with Gasteiger partial charge in [0.1, 0.15) is 11.5 Å². The highest BCUT2D eigenvalue weighted by molar-refractivity contribution is 6.61. The van der Waals surface area contributed by atoms with Crippen LogP contribution in [0.4, 0.5) is 4.79 Å². The molecule has 0 N–H and O–H groups in total. The Kier molecular flexibility index (Phi) is 3.85. The third-order valence-corrected chi connectivity index (χ3v) is 2.55. The molecule has 0 atom stereocenters. The van der Waals surface area contributed by atoms with Gasteiger partial charge in [-0.15, -0.1) is 0 Å². The average Bonchev–Trinajstić information content (AvgIpc) is 2.39. The minimum atomic E-state index is -0.841. The van der Waals surface area contributed by atoms with E-state index in [0.29, 0.717) is 5.75 Å². The second kappa shape index (κ2) is 5.56. The molecule has 92 valence electrons. The highest BCUT2D eigenvalue weighted by atomic mass is 35.5. The number of hydrogen-bond acceptors (Lipinski definition) is 3. The van der Waals surface area contributed by atoms with E-state index in [1.165, 1.54) is 0 Å². The van der Waals surface area contributed by atoms with Crippen LogP contribution in [0.1, 0.15) is 0 Å². The predicted molar refractivity (Wildman–Crippen MR) is 70.3 cm³/mol. The van der Waals surface area contributed by atoms with Crippen molar-refractivity contribution >= 4 is 17.0 Å². The van der Waals surface area contributed by atoms with Gasteiger partial charge in [-0.25, -0.2) is 4.79 Å². The fourth-order valence-corrected chi connectivity index (χ4v) is 1.68. The van der Waals surface area contributed by atoms with Crippen molar-refractivity contribution in [2.24, 2.45) is 0 Å². The van der Waals surface area contributed by atoms with Crippen molar-refractivity contribution in [1.29, 1.82) is 0 Å². The molecule has 4 heteroatoms. The molecule has 0 radical (unpaired) electrons. The first kappa shape index (κ1) is 12.5. The van der Waals surface area contributed by atoms with E-state index in [1.807, 2.05) is 36.4 Å². The van der Waals surface area contributed by atoms with Crippen LogP contribution in [-0.2, 0) is 0 Å². The molecule has 0 unspecified atom stereocenters. The maximum Gasteiger partial charge on any atom is 0.409 e. The largest absolute Gasteiger partial charge is 0.497 e. The minimum absolute atomic E-state index is 0.423. The van der Waals surface area contributed by atoms with Crippen LogP contribution in [0.3, 0.4) is 0 Å². The van der Waals surface area contributed by atoms with Crippen LogP contribution >= 0.6 is 11.6 Å². The van der Waals surface area contributed by atoms with Gasteiger partial charge < -0.3 is 9.47 Å². The van der Waals surface area contributed by atoms with Gasteiger partial charge in [-0.2, -0.15) is 0 Å². The van der Waals surface area contributed by atoms with Crippen molar-refractivity contribution in [3.05, 3.63) is 48.5 Å². The van der Waals surface area contributed by atoms with E-state index >= 15 is 0 Å². The maximum absolute atomic E-state index is 10.6. The molecule has 2 aromatic rings. The summed E-state index contributed by atoms with van der Waals surface area (Å²) in [6.07, 6.45) is 0. The van der Waals surface area contributed by atoms with Gasteiger partial charge in [0.2, 0.25) is 0 Å². The van der Waals surface area contributed by atoms with Gasteiger partial charge in [-0.1, -0.05) is 24.3 Å². The number of carbonyl (C=O) groups excluding carboxylic acids is 1. The molecule has 0 bridgehead atoms. The first-order chi connectivity index (χ1) is 8.69. The van der Waals surface area contributed by atoms with E-state index in [9.17, 15) is 4.79 Å². The topological polar surface area (TPSA) is 35.5 Å². The molecular formula is C14H11ClO3. The lowest BCUT2D eigenvalue weighted by Gasteiger charge is -2.05. The molecule has 0 saturated carbocycles. The van der Waals surface area contributed by atoms with Crippen molar-refractivity contribution in [3.8, 4) is 22.6 Å². The number of rotatable bonds is 3. The van der Waals surface area contributed by atoms with Crippen molar-refractivity contribution in [3.63, 3.8) is 0 Å². The van der Waals surface area contributed by atoms with E-state index in [0.717, 1.165) is 16.9 Å². The molecule has 18 heavy (non-hydrogen) atoms. The zero-order chi connectivity index (χ0) is 13.0. The summed E-state index contributed by atoms with van der Waals surface area (Å²) in [4.78, 5) is 10.6. The van der Waals surface area contributed by atoms with E-state index in [4.69, 9.17) is 21.1 Å². The molecule has 0 aromatic heterocycles. The Morgan fingerprint density at radius 1 is 0.889 bits per heavy atom. The lowest BCUT2D eigenvalue weighted by Crippen LogP contribution is -1.95. The van der Waals surface area contributed by atoms with Gasteiger partial charge in [0.25, 0.3) is 0 Å². The molecule has 2 rings (SSSR count). The quantitative estimate of drug-likeness (QED) is 0.781. The Balaban J connectivity index is 2.20. The molecule has 0 aliphatic rings. The lowest BCUT2D eigenvalue weighted by atomic mass is 10.1. The minimum Gasteiger partial charge on any atom is -0.497 e. The second-order valence-corrected chi connectivity index (χ2v) is 3.90. The van der Waals surface area contributed by atoms with Gasteiger partial charge >= 0.3 is 5.43 Å². The van der Waals surface area contributed by atoms with Gasteiger partial charge in [-0.05, 0) is 35.4 Å². The smallest absolute Gasteiger partial charge is 0.409 e. The first-order valence-electron chi connectivity index (χ1n) is 5.31. The Hall–Kier alpha value is -2.00. The van der Waals surface area contributed by atoms with Gasteiger partial charge in [0, 0.05) is 11.6 Å². The summed E-state index contributed by atoms with van der Waals surface area (Å²) in [6.45, 7) is 0. The van der Waals surface area contributed by atoms with Crippen LogP contribution in [-0.4, -0.2) is 12.5 Å². The van der Waals surface area contributed by atoms with Crippen molar-refractivity contribution in [1.82, 2.24) is 0 Å². The maximum atomic E-state index is 10.6. The molecule has 0 aliphatic heterocycles. The van der Waals surface area contributed by atoms with Crippen LogP contribution in [0, 0.1) is 0 Å². The highest BCUT2D eigenvalue weighted by Crippen LogP contribution is 2.24. The lowest BCUT2D eigenvalue weighted by molar-refractivity contribution is 0.225. The SMILES string of the molecule is COc1ccc(-c2ccc(OC(=O)Cl)cc2)cc1. The van der Waals surface area contributed by atoms with Crippen LogP contribution in [0.5, 0.6) is 11.5 Å². The zero-order valence-corrected chi connectivity index (χ0v) is 10.5. The van der Waals surface area contributed by atoms with Gasteiger partial charge in [0.05, 0.1) is 7.11 Å². The summed E-state index contributed by atoms with van der Waals surface area (Å²) < 4.78 is 9.84. The Labute approximate surface area is 110 Å². The molecule has 0 heterocycles. The number of methoxy groups -OCH3 is 1. The monoisotopic (exact) mass is 262 g/mol. The van der Waals surface area contributed by atoms with Gasteiger partial charge in [0.15, 0.2) is 0 Å². The standard InChI is InChI=1S/C14H11ClO3/c1-17-12-6-2-10(3-7-12)11-4-8-13(9-5-11)18-14(15)16/h2-9H,1H3. The van der Waals surface area contributed by atoms with Crippen LogP contribution in [0.25, 0.3) is 11.1 Å². The number of halogens is 1. The number of carbonyl (C=O) groups is 1. The fraction of sp³-hybridized carbons (Fsp3) is 0.0714. The average molecular weight is 263 g/mol. The van der Waals surface area contributed by atoms with Crippen molar-refractivity contribution < 1.29 is 14.3 Å². The van der Waals surface area contributed by atoms with Crippen LogP contribution in [0.15, 0.2) is 48.5 Å². The van der Waals surface area contributed by atoms with Crippen molar-refractivity contribution in [2.75, 3.05) is 7.11 Å². The molecule has 0 saturated heterocycles. The van der Waals surface area contributed by atoms with Crippen molar-refractivity contribution in [2.45, 2.75) is 0 Å². The molecular weight excluding hydrogens is 252 g/mol. The third-order valence-electron chi connectivity index (χ3n) is 2.48. The van der Waals surface area contributed by atoms with E-state index in [2.05, 4.69) is 0 Å². The number of hydrogen-bond donors (Lipinski definition) is 0. The molecule has 0 amide bonds. The van der Waals surface area contributed by atoms with E-state index in [1.54, 1.807) is 19.2 Å². The molecule has 2 aromatic carbocycles. The van der Waals surface area contributed by atoms with E-state index in [-0.39, 0.29) is 0 Å². The predicted octanol–water partition coefficient (Wildman–Crippen LogP) is 4.10. The van der Waals surface area contributed by atoms with E-state index < -0.39 is 5.43 Å². The Morgan fingerprint density at radius 2 is 1.33 bits per heavy atom. The highest BCUT2D eigenvalue weighted by Gasteiger charge is 2.02. The number of ether oxygens (including phenoxy) is 2. The normalized spacial score (nSPS) is 9.89. The first-order valence-corrected chi connectivity index (χ1v) is 5.68. The summed E-state index contributed by atoms with van der Waals surface area (Å²) in [5.41, 5.74) is 1.23. The van der Waals surface area contributed by atoms with Crippen LogP contribution < -0.4 is 9.47 Å². The fourth-order valence-electron chi connectivity index (χ4n) is 1.59. The van der Waals surface area contributed by atoms with Crippen LogP contribution in [0.2, 0.25) is 0 Å². The molecule has 3 nitrogen and oxygen atoms in total. The second-order valence-electron chi connectivity index (χ2n) is 3.59. The van der Waals surface area contributed by atoms with Gasteiger partial charge in [-0.3, -0.25) is 0 Å². The summed E-state index contributed by atoms with van der Waals surface area (Å²) in [7, 11) is 1.63. The molecule has 0 spiro atoms. The summed E-state index contributed by atoms with van der Waals surface area (Å²) >= 11 is 5.13. The summed E-state index contributed by atoms with van der Waals surface area (Å²) in [5.74, 6) is 1.23. The summed E-state index contributed by atoms with van der Waals surface area (Å²) in [6, 6.07) is 14.8. The Bertz CT molecular complexity index is 532. The zero-order valence-electron chi connectivity index (χ0n) is 9.72. The molecule has 0 aliphatic carbocycles.